The van der Waals surface area contributed by atoms with Crippen molar-refractivity contribution >= 4 is 52.5 Å². The molecule has 5 atom stereocenters. The number of rotatable bonds is 11. The number of fused-ring (bicyclic) bond motifs is 1. The number of H-pyrrole nitrogens is 1. The molecule has 16 heteroatoms. The Bertz CT molecular complexity index is 1570. The van der Waals surface area contributed by atoms with Gasteiger partial charge in [0.15, 0.2) is 23.7 Å². The lowest BCUT2D eigenvalue weighted by Crippen LogP contribution is -2.63. The zero-order valence-electron chi connectivity index (χ0n) is 26.5. The predicted octanol–water partition coefficient (Wildman–Crippen LogP) is 3.30. The third-order valence-electron chi connectivity index (χ3n) is 7.54. The number of ether oxygens (including phenoxy) is 6. The molecule has 2 aromatic heterocycles. The second-order valence-corrected chi connectivity index (χ2v) is 11.3. The third kappa shape index (κ3) is 8.84. The number of hydrogen-bond donors (Lipinski definition) is 3. The number of benzene rings is 1. The lowest BCUT2D eigenvalue weighted by Gasteiger charge is -2.43. The van der Waals surface area contributed by atoms with E-state index >= 15 is 0 Å². The van der Waals surface area contributed by atoms with Crippen molar-refractivity contribution in [3.05, 3.63) is 30.6 Å². The molecule has 3 N–H and O–H groups in total. The number of imidazole rings is 1. The van der Waals surface area contributed by atoms with Gasteiger partial charge in [-0.1, -0.05) is 19.3 Å². The van der Waals surface area contributed by atoms with Gasteiger partial charge in [-0.3, -0.25) is 19.2 Å². The minimum Gasteiger partial charge on any atom is -0.463 e. The van der Waals surface area contributed by atoms with Gasteiger partial charge in [0.25, 0.3) is 0 Å². The molecule has 0 amide bonds. The van der Waals surface area contributed by atoms with E-state index in [1.54, 1.807) is 30.6 Å². The average Bonchev–Trinajstić information content (AvgIpc) is 3.49. The Morgan fingerprint density at radius 2 is 1.51 bits per heavy atom. The number of nitrogens with zero attached hydrogens (tertiary/aromatic N) is 3. The van der Waals surface area contributed by atoms with E-state index in [-0.39, 0.29) is 6.61 Å². The first-order valence-corrected chi connectivity index (χ1v) is 15.4. The van der Waals surface area contributed by atoms with Crippen LogP contribution in [-0.2, 0) is 42.9 Å². The van der Waals surface area contributed by atoms with E-state index in [2.05, 4.69) is 25.6 Å². The van der Waals surface area contributed by atoms with E-state index in [4.69, 9.17) is 33.4 Å². The molecule has 0 bridgehead atoms. The van der Waals surface area contributed by atoms with Crippen LogP contribution in [0.1, 0.15) is 59.8 Å². The minimum atomic E-state index is -1.35. The van der Waals surface area contributed by atoms with Gasteiger partial charge in [-0.2, -0.15) is 9.97 Å². The van der Waals surface area contributed by atoms with E-state index in [1.807, 2.05) is 0 Å². The molecule has 0 radical (unpaired) electrons. The first-order valence-electron chi connectivity index (χ1n) is 15.4. The van der Waals surface area contributed by atoms with Gasteiger partial charge < -0.3 is 44.0 Å². The van der Waals surface area contributed by atoms with Gasteiger partial charge in [-0.15, -0.1) is 0 Å². The van der Waals surface area contributed by atoms with Crippen molar-refractivity contribution in [2.45, 2.75) is 96.5 Å². The Kier molecular flexibility index (Phi) is 10.7. The molecule has 2 aliphatic rings. The number of esters is 4. The second kappa shape index (κ2) is 15.1. The van der Waals surface area contributed by atoms with Gasteiger partial charge in [-0.25, -0.2) is 4.98 Å². The van der Waals surface area contributed by atoms with E-state index in [0.717, 1.165) is 39.1 Å². The SMILES string of the molecule is CC(=O)OC[C@H]1O[C@@H](Oc2ccc(Nc3nc(NC4CCCCC4)c4[nH]cnc4n3)cc2)[C@H](OC(C)=O)[C@@H](OC(C)=O)[C@@H]1OC(C)=O. The van der Waals surface area contributed by atoms with Gasteiger partial charge in [0.1, 0.15) is 24.0 Å². The fourth-order valence-corrected chi connectivity index (χ4v) is 5.60. The van der Waals surface area contributed by atoms with E-state index in [0.29, 0.717) is 34.9 Å². The van der Waals surface area contributed by atoms with Crippen LogP contribution in [0.5, 0.6) is 5.75 Å². The number of carbonyl (C=O) groups is 4. The Morgan fingerprint density at radius 1 is 0.851 bits per heavy atom. The number of hydrogen-bond acceptors (Lipinski definition) is 15. The molecule has 3 heterocycles. The highest BCUT2D eigenvalue weighted by atomic mass is 16.7. The van der Waals surface area contributed by atoms with Crippen molar-refractivity contribution in [1.82, 2.24) is 19.9 Å². The average molecular weight is 655 g/mol. The summed E-state index contributed by atoms with van der Waals surface area (Å²) in [6.07, 6.45) is 0.850. The largest absolute Gasteiger partial charge is 0.463 e. The molecule has 1 saturated carbocycles. The lowest BCUT2D eigenvalue weighted by atomic mass is 9.95. The molecule has 5 rings (SSSR count). The molecule has 47 heavy (non-hydrogen) atoms. The van der Waals surface area contributed by atoms with Crippen LogP contribution in [0.3, 0.4) is 0 Å². The molecular weight excluding hydrogens is 616 g/mol. The van der Waals surface area contributed by atoms with Gasteiger partial charge >= 0.3 is 23.9 Å². The highest BCUT2D eigenvalue weighted by Gasteiger charge is 2.53. The zero-order valence-corrected chi connectivity index (χ0v) is 26.5. The first kappa shape index (κ1) is 33.4. The summed E-state index contributed by atoms with van der Waals surface area (Å²) in [6.45, 7) is 4.30. The van der Waals surface area contributed by atoms with Gasteiger partial charge in [0, 0.05) is 39.4 Å². The Morgan fingerprint density at radius 3 is 2.17 bits per heavy atom. The van der Waals surface area contributed by atoms with Crippen molar-refractivity contribution in [1.29, 1.82) is 0 Å². The van der Waals surface area contributed by atoms with E-state index < -0.39 is 54.6 Å². The zero-order chi connectivity index (χ0) is 33.5. The quantitative estimate of drug-likeness (QED) is 0.201. The maximum absolute atomic E-state index is 12.1. The molecule has 0 spiro atoms. The topological polar surface area (TPSA) is 202 Å². The lowest BCUT2D eigenvalue weighted by molar-refractivity contribution is -0.288. The first-order chi connectivity index (χ1) is 22.5. The number of nitrogens with one attached hydrogen (secondary N) is 3. The third-order valence-corrected chi connectivity index (χ3v) is 7.54. The van der Waals surface area contributed by atoms with Crippen LogP contribution in [0.25, 0.3) is 11.2 Å². The maximum Gasteiger partial charge on any atom is 0.303 e. The normalized spacial score (nSPS) is 22.9. The van der Waals surface area contributed by atoms with Crippen LogP contribution < -0.4 is 15.4 Å². The summed E-state index contributed by atoms with van der Waals surface area (Å²) in [5.74, 6) is -1.50. The van der Waals surface area contributed by atoms with Crippen LogP contribution in [0.4, 0.5) is 17.5 Å². The molecule has 0 unspecified atom stereocenters. The summed E-state index contributed by atoms with van der Waals surface area (Å²) in [6, 6.07) is 7.01. The monoisotopic (exact) mass is 654 g/mol. The molecular formula is C31H38N6O10. The summed E-state index contributed by atoms with van der Waals surface area (Å²) in [5.41, 5.74) is 1.89. The number of aromatic amines is 1. The van der Waals surface area contributed by atoms with Crippen LogP contribution in [0.15, 0.2) is 30.6 Å². The van der Waals surface area contributed by atoms with Crippen LogP contribution in [0, 0.1) is 0 Å². The molecule has 1 aliphatic carbocycles. The highest BCUT2D eigenvalue weighted by molar-refractivity contribution is 5.84. The summed E-state index contributed by atoms with van der Waals surface area (Å²) in [5, 5.41) is 6.73. The molecule has 1 saturated heterocycles. The van der Waals surface area contributed by atoms with Gasteiger partial charge in [-0.05, 0) is 37.1 Å². The summed E-state index contributed by atoms with van der Waals surface area (Å²) in [4.78, 5) is 64.4. The van der Waals surface area contributed by atoms with E-state index in [1.165, 1.54) is 26.2 Å². The second-order valence-electron chi connectivity index (χ2n) is 11.3. The molecule has 16 nitrogen and oxygen atoms in total. The standard InChI is InChI=1S/C31H38N6O10/c1-16(38)42-14-23-25(43-17(2)39)26(44-18(3)40)27(45-19(4)41)30(47-23)46-22-12-10-21(11-13-22)35-31-36-28-24(32-15-33-28)29(37-31)34-20-8-6-5-7-9-20/h10-13,15,20,23,25-27,30H,5-9,14H2,1-4H3,(H3,32,33,34,35,36,37)/t23-,25-,26+,27-,30-/m1/s1. The van der Waals surface area contributed by atoms with Crippen molar-refractivity contribution in [3.63, 3.8) is 0 Å². The summed E-state index contributed by atoms with van der Waals surface area (Å²) >= 11 is 0. The van der Waals surface area contributed by atoms with Gasteiger partial charge in [0.05, 0.1) is 6.33 Å². The van der Waals surface area contributed by atoms with Gasteiger partial charge in [0.2, 0.25) is 18.3 Å². The molecule has 1 aromatic carbocycles. The molecule has 2 fully saturated rings. The predicted molar refractivity (Wildman–Crippen MR) is 164 cm³/mol. The van der Waals surface area contributed by atoms with Crippen molar-refractivity contribution < 1.29 is 47.6 Å². The van der Waals surface area contributed by atoms with Crippen molar-refractivity contribution in [2.24, 2.45) is 0 Å². The van der Waals surface area contributed by atoms with Crippen LogP contribution >= 0.6 is 0 Å². The molecule has 252 valence electrons. The number of carbonyl (C=O) groups excluding carboxylic acids is 4. The molecule has 1 aliphatic heterocycles. The fraction of sp³-hybridized carbons (Fsp3) is 0.516. The Labute approximate surface area is 270 Å². The number of anilines is 3. The van der Waals surface area contributed by atoms with Crippen LogP contribution in [0.2, 0.25) is 0 Å². The Hall–Kier alpha value is -4.99. The summed E-state index contributed by atoms with van der Waals surface area (Å²) in [7, 11) is 0. The maximum atomic E-state index is 12.1. The van der Waals surface area contributed by atoms with Crippen LogP contribution in [-0.4, -0.2) is 87.2 Å². The summed E-state index contributed by atoms with van der Waals surface area (Å²) < 4.78 is 33.5. The Balaban J connectivity index is 1.35. The minimum absolute atomic E-state index is 0.291. The highest BCUT2D eigenvalue weighted by Crippen LogP contribution is 2.32. The van der Waals surface area contributed by atoms with Crippen molar-refractivity contribution in [2.75, 3.05) is 17.2 Å². The number of aromatic nitrogens is 4. The fourth-order valence-electron chi connectivity index (χ4n) is 5.60. The van der Waals surface area contributed by atoms with Crippen molar-refractivity contribution in [3.8, 4) is 5.75 Å². The smallest absolute Gasteiger partial charge is 0.303 e. The van der Waals surface area contributed by atoms with E-state index in [9.17, 15) is 19.2 Å². The molecule has 3 aromatic rings.